The van der Waals surface area contributed by atoms with E-state index in [-0.39, 0.29) is 5.91 Å². The van der Waals surface area contributed by atoms with E-state index in [2.05, 4.69) is 9.97 Å². The number of nitrogens with zero attached hydrogens (tertiary/aromatic N) is 2. The van der Waals surface area contributed by atoms with Gasteiger partial charge in [0.1, 0.15) is 5.82 Å². The molecular formula is C12H14N4O. The normalized spacial score (nSPS) is 10.2. The predicted octanol–water partition coefficient (Wildman–Crippen LogP) is 1.26. The minimum atomic E-state index is -0.0543. The van der Waals surface area contributed by atoms with Gasteiger partial charge in [0.25, 0.3) is 5.91 Å². The van der Waals surface area contributed by atoms with Crippen LogP contribution in [0.5, 0.6) is 0 Å². The number of nitrogens with one attached hydrogen (secondary N) is 1. The molecule has 17 heavy (non-hydrogen) atoms. The fourth-order valence-electron chi connectivity index (χ4n) is 1.53. The maximum Gasteiger partial charge on any atom is 0.254 e. The van der Waals surface area contributed by atoms with Gasteiger partial charge in [-0.15, -0.1) is 0 Å². The second kappa shape index (κ2) is 4.69. The molecule has 1 heterocycles. The molecule has 0 bridgehead atoms. The van der Waals surface area contributed by atoms with Crippen LogP contribution < -0.4 is 5.73 Å². The van der Waals surface area contributed by atoms with E-state index >= 15 is 0 Å². The van der Waals surface area contributed by atoms with Gasteiger partial charge in [-0.2, -0.15) is 0 Å². The summed E-state index contributed by atoms with van der Waals surface area (Å²) in [6, 6.07) is 6.87. The van der Waals surface area contributed by atoms with Crippen molar-refractivity contribution in [2.75, 3.05) is 12.8 Å². The van der Waals surface area contributed by atoms with Gasteiger partial charge in [0.2, 0.25) is 0 Å². The molecule has 1 amide bonds. The molecule has 0 spiro atoms. The van der Waals surface area contributed by atoms with Crippen LogP contribution in [-0.4, -0.2) is 27.8 Å². The number of H-pyrrole nitrogens is 1. The van der Waals surface area contributed by atoms with Crippen LogP contribution in [0.2, 0.25) is 0 Å². The number of carbonyl (C=O) groups is 1. The number of nitrogen functional groups attached to an aromatic ring is 1. The summed E-state index contributed by atoms with van der Waals surface area (Å²) in [6.45, 7) is 0.455. The number of hydrogen-bond acceptors (Lipinski definition) is 3. The summed E-state index contributed by atoms with van der Waals surface area (Å²) in [6.07, 6.45) is 3.40. The highest BCUT2D eigenvalue weighted by molar-refractivity contribution is 5.94. The molecule has 1 aromatic carbocycles. The zero-order chi connectivity index (χ0) is 12.3. The van der Waals surface area contributed by atoms with E-state index in [0.717, 1.165) is 5.82 Å². The minimum Gasteiger partial charge on any atom is -0.399 e. The van der Waals surface area contributed by atoms with Crippen molar-refractivity contribution in [2.45, 2.75) is 6.54 Å². The third-order valence-electron chi connectivity index (χ3n) is 2.45. The fourth-order valence-corrected chi connectivity index (χ4v) is 1.53. The smallest absolute Gasteiger partial charge is 0.254 e. The van der Waals surface area contributed by atoms with Crippen LogP contribution in [0.3, 0.4) is 0 Å². The molecule has 2 aromatic rings. The summed E-state index contributed by atoms with van der Waals surface area (Å²) in [5.41, 5.74) is 6.84. The highest BCUT2D eigenvalue weighted by Crippen LogP contribution is 2.09. The first-order valence-electron chi connectivity index (χ1n) is 5.26. The Morgan fingerprint density at radius 3 is 2.71 bits per heavy atom. The third-order valence-corrected chi connectivity index (χ3v) is 2.45. The predicted molar refractivity (Wildman–Crippen MR) is 65.2 cm³/mol. The van der Waals surface area contributed by atoms with Crippen LogP contribution in [0.1, 0.15) is 16.2 Å². The second-order valence-electron chi connectivity index (χ2n) is 3.82. The lowest BCUT2D eigenvalue weighted by molar-refractivity contribution is 0.0782. The van der Waals surface area contributed by atoms with Crippen LogP contribution in [0, 0.1) is 0 Å². The number of amides is 1. The maximum absolute atomic E-state index is 12.0. The largest absolute Gasteiger partial charge is 0.399 e. The first kappa shape index (κ1) is 11.2. The summed E-state index contributed by atoms with van der Waals surface area (Å²) in [4.78, 5) is 20.7. The minimum absolute atomic E-state index is 0.0543. The summed E-state index contributed by atoms with van der Waals surface area (Å²) in [7, 11) is 1.74. The van der Waals surface area contributed by atoms with Crippen molar-refractivity contribution in [1.82, 2.24) is 14.9 Å². The van der Waals surface area contributed by atoms with Crippen LogP contribution in [-0.2, 0) is 6.54 Å². The Morgan fingerprint density at radius 1 is 1.41 bits per heavy atom. The topological polar surface area (TPSA) is 75.0 Å². The van der Waals surface area contributed by atoms with Gasteiger partial charge in [-0.05, 0) is 24.3 Å². The zero-order valence-corrected chi connectivity index (χ0v) is 9.55. The van der Waals surface area contributed by atoms with Gasteiger partial charge in [0.15, 0.2) is 0 Å². The Hall–Kier alpha value is -2.30. The number of benzene rings is 1. The second-order valence-corrected chi connectivity index (χ2v) is 3.82. The van der Waals surface area contributed by atoms with Gasteiger partial charge in [0.05, 0.1) is 6.54 Å². The van der Waals surface area contributed by atoms with E-state index in [1.165, 1.54) is 0 Å². The van der Waals surface area contributed by atoms with E-state index in [9.17, 15) is 4.79 Å². The van der Waals surface area contributed by atoms with E-state index < -0.39 is 0 Å². The summed E-state index contributed by atoms with van der Waals surface area (Å²) in [5.74, 6) is 0.706. The van der Waals surface area contributed by atoms with Crippen molar-refractivity contribution in [3.8, 4) is 0 Å². The average Bonchev–Trinajstić information content (AvgIpc) is 2.82. The van der Waals surface area contributed by atoms with Crippen molar-refractivity contribution < 1.29 is 4.79 Å². The van der Waals surface area contributed by atoms with Crippen molar-refractivity contribution in [1.29, 1.82) is 0 Å². The van der Waals surface area contributed by atoms with Gasteiger partial charge >= 0.3 is 0 Å². The molecule has 0 fully saturated rings. The van der Waals surface area contributed by atoms with Crippen LogP contribution in [0.25, 0.3) is 0 Å². The molecular weight excluding hydrogens is 216 g/mol. The molecule has 3 N–H and O–H groups in total. The lowest BCUT2D eigenvalue weighted by Crippen LogP contribution is -2.26. The quantitative estimate of drug-likeness (QED) is 0.779. The summed E-state index contributed by atoms with van der Waals surface area (Å²) in [5, 5.41) is 0. The summed E-state index contributed by atoms with van der Waals surface area (Å²) < 4.78 is 0. The number of aromatic amines is 1. The molecule has 0 radical (unpaired) electrons. The highest BCUT2D eigenvalue weighted by atomic mass is 16.2. The van der Waals surface area contributed by atoms with E-state index in [0.29, 0.717) is 17.8 Å². The molecule has 0 unspecified atom stereocenters. The first-order chi connectivity index (χ1) is 8.16. The molecule has 5 heteroatoms. The van der Waals surface area contributed by atoms with Crippen molar-refractivity contribution >= 4 is 11.6 Å². The fraction of sp³-hybridized carbons (Fsp3) is 0.167. The molecule has 0 saturated heterocycles. The van der Waals surface area contributed by atoms with Gasteiger partial charge in [0, 0.05) is 30.7 Å². The number of nitrogens with two attached hydrogens (primary N) is 1. The molecule has 2 rings (SSSR count). The van der Waals surface area contributed by atoms with Crippen molar-refractivity contribution in [3.63, 3.8) is 0 Å². The monoisotopic (exact) mass is 230 g/mol. The Balaban J connectivity index is 2.07. The maximum atomic E-state index is 12.0. The molecule has 0 aliphatic heterocycles. The lowest BCUT2D eigenvalue weighted by Gasteiger charge is -2.15. The van der Waals surface area contributed by atoms with Crippen LogP contribution >= 0.6 is 0 Å². The number of aromatic nitrogens is 2. The van der Waals surface area contributed by atoms with E-state index in [1.807, 2.05) is 0 Å². The Kier molecular flexibility index (Phi) is 3.09. The van der Waals surface area contributed by atoms with Gasteiger partial charge in [-0.3, -0.25) is 4.79 Å². The highest BCUT2D eigenvalue weighted by Gasteiger charge is 2.12. The third kappa shape index (κ3) is 2.63. The van der Waals surface area contributed by atoms with Gasteiger partial charge < -0.3 is 15.6 Å². The summed E-state index contributed by atoms with van der Waals surface area (Å²) >= 11 is 0. The Labute approximate surface area is 99.3 Å². The number of rotatable bonds is 3. The van der Waals surface area contributed by atoms with Crippen LogP contribution in [0.15, 0.2) is 36.7 Å². The molecule has 0 saturated carbocycles. The van der Waals surface area contributed by atoms with E-state index in [1.54, 1.807) is 48.6 Å². The molecule has 1 aromatic heterocycles. The van der Waals surface area contributed by atoms with Gasteiger partial charge in [-0.1, -0.05) is 0 Å². The van der Waals surface area contributed by atoms with Crippen molar-refractivity contribution in [2.24, 2.45) is 0 Å². The Morgan fingerprint density at radius 2 is 2.12 bits per heavy atom. The standard InChI is InChI=1S/C12H14N4O/c1-16(8-11-14-6-7-15-11)12(17)9-2-4-10(13)5-3-9/h2-7H,8,13H2,1H3,(H,14,15). The molecule has 0 aliphatic rings. The zero-order valence-electron chi connectivity index (χ0n) is 9.55. The molecule has 0 aliphatic carbocycles. The molecule has 0 atom stereocenters. The lowest BCUT2D eigenvalue weighted by atomic mass is 10.2. The van der Waals surface area contributed by atoms with Crippen LogP contribution in [0.4, 0.5) is 5.69 Å². The number of imidazole rings is 1. The van der Waals surface area contributed by atoms with E-state index in [4.69, 9.17) is 5.73 Å². The first-order valence-corrected chi connectivity index (χ1v) is 5.26. The number of anilines is 1. The van der Waals surface area contributed by atoms with Gasteiger partial charge in [-0.25, -0.2) is 4.98 Å². The number of carbonyl (C=O) groups excluding carboxylic acids is 1. The number of hydrogen-bond donors (Lipinski definition) is 2. The molecule has 88 valence electrons. The van der Waals surface area contributed by atoms with Crippen molar-refractivity contribution in [3.05, 3.63) is 48.0 Å². The molecule has 5 nitrogen and oxygen atoms in total. The SMILES string of the molecule is CN(Cc1ncc[nH]1)C(=O)c1ccc(N)cc1. The average molecular weight is 230 g/mol. The Bertz CT molecular complexity index is 490.